The van der Waals surface area contributed by atoms with Crippen LogP contribution in [0.2, 0.25) is 5.02 Å². The highest BCUT2D eigenvalue weighted by Crippen LogP contribution is 2.24. The molecule has 0 radical (unpaired) electrons. The molecule has 0 aromatic heterocycles. The van der Waals surface area contributed by atoms with E-state index >= 15 is 0 Å². The zero-order chi connectivity index (χ0) is 16.9. The Morgan fingerprint density at radius 3 is 2.83 bits per heavy atom. The number of halogens is 1. The van der Waals surface area contributed by atoms with Crippen LogP contribution in [0.25, 0.3) is 0 Å². The van der Waals surface area contributed by atoms with Gasteiger partial charge in [0, 0.05) is 35.9 Å². The van der Waals surface area contributed by atoms with Crippen molar-refractivity contribution in [1.82, 2.24) is 5.32 Å². The number of nitriles is 1. The Bertz CT molecular complexity index is 767. The fraction of sp³-hybridized carbons (Fsp3) is 0.263. The summed E-state index contributed by atoms with van der Waals surface area (Å²) in [6.07, 6.45) is 1.04. The second-order valence-electron chi connectivity index (χ2n) is 5.98. The lowest BCUT2D eigenvalue weighted by Crippen LogP contribution is -2.31. The monoisotopic (exact) mass is 339 g/mol. The van der Waals surface area contributed by atoms with E-state index in [2.05, 4.69) is 16.3 Å². The zero-order valence-electron chi connectivity index (χ0n) is 13.2. The number of anilines is 1. The molecule has 0 aliphatic carbocycles. The minimum absolute atomic E-state index is 0.128. The summed E-state index contributed by atoms with van der Waals surface area (Å²) in [4.78, 5) is 14.5. The molecule has 0 spiro atoms. The van der Waals surface area contributed by atoms with Crippen molar-refractivity contribution < 1.29 is 4.79 Å². The highest BCUT2D eigenvalue weighted by molar-refractivity contribution is 6.30. The predicted octanol–water partition coefficient (Wildman–Crippen LogP) is 3.47. The van der Waals surface area contributed by atoms with E-state index in [0.29, 0.717) is 23.6 Å². The van der Waals surface area contributed by atoms with Crippen LogP contribution in [0.3, 0.4) is 0 Å². The van der Waals surface area contributed by atoms with Gasteiger partial charge in [-0.1, -0.05) is 17.7 Å². The van der Waals surface area contributed by atoms with E-state index in [1.807, 2.05) is 24.3 Å². The van der Waals surface area contributed by atoms with Crippen LogP contribution in [0.15, 0.2) is 48.5 Å². The second-order valence-corrected chi connectivity index (χ2v) is 6.42. The molecule has 1 atom stereocenters. The summed E-state index contributed by atoms with van der Waals surface area (Å²) < 4.78 is 0. The molecule has 24 heavy (non-hydrogen) atoms. The highest BCUT2D eigenvalue weighted by atomic mass is 35.5. The Balaban J connectivity index is 1.53. The highest BCUT2D eigenvalue weighted by Gasteiger charge is 2.23. The Hall–Kier alpha value is -2.51. The van der Waals surface area contributed by atoms with Crippen LogP contribution in [0.5, 0.6) is 0 Å². The van der Waals surface area contributed by atoms with Crippen molar-refractivity contribution in [2.45, 2.75) is 6.42 Å². The SMILES string of the molecule is N#Cc1cccc(C(=O)NCC2CCN(c3ccc(Cl)cc3)C2)c1. The van der Waals surface area contributed by atoms with Gasteiger partial charge in [-0.25, -0.2) is 0 Å². The van der Waals surface area contributed by atoms with Crippen LogP contribution in [0, 0.1) is 17.2 Å². The molecule has 0 saturated carbocycles. The van der Waals surface area contributed by atoms with Gasteiger partial charge < -0.3 is 10.2 Å². The number of hydrogen-bond acceptors (Lipinski definition) is 3. The van der Waals surface area contributed by atoms with E-state index < -0.39 is 0 Å². The number of hydrogen-bond donors (Lipinski definition) is 1. The maximum Gasteiger partial charge on any atom is 0.251 e. The molecule has 3 rings (SSSR count). The first-order chi connectivity index (χ1) is 11.7. The zero-order valence-corrected chi connectivity index (χ0v) is 14.0. The van der Waals surface area contributed by atoms with E-state index in [9.17, 15) is 4.79 Å². The van der Waals surface area contributed by atoms with Crippen molar-refractivity contribution in [3.05, 3.63) is 64.7 Å². The summed E-state index contributed by atoms with van der Waals surface area (Å²) in [5.74, 6) is 0.292. The molecular weight excluding hydrogens is 322 g/mol. The Kier molecular flexibility index (Phi) is 5.02. The van der Waals surface area contributed by atoms with Gasteiger partial charge in [-0.2, -0.15) is 5.26 Å². The molecule has 5 heteroatoms. The number of benzene rings is 2. The largest absolute Gasteiger partial charge is 0.371 e. The fourth-order valence-corrected chi connectivity index (χ4v) is 3.08. The first-order valence-corrected chi connectivity index (χ1v) is 8.32. The van der Waals surface area contributed by atoms with Crippen LogP contribution in [0.4, 0.5) is 5.69 Å². The van der Waals surface area contributed by atoms with Crippen molar-refractivity contribution in [2.75, 3.05) is 24.5 Å². The lowest BCUT2D eigenvalue weighted by Gasteiger charge is -2.19. The Labute approximate surface area is 146 Å². The van der Waals surface area contributed by atoms with E-state index in [1.54, 1.807) is 24.3 Å². The molecular formula is C19H18ClN3O. The normalized spacial score (nSPS) is 16.7. The topological polar surface area (TPSA) is 56.1 Å². The van der Waals surface area contributed by atoms with Gasteiger partial charge in [0.05, 0.1) is 11.6 Å². The average Bonchev–Trinajstić information content (AvgIpc) is 3.09. The standard InChI is InChI=1S/C19H18ClN3O/c20-17-4-6-18(7-5-17)23-9-8-15(13-23)12-22-19(24)16-3-1-2-14(10-16)11-21/h1-7,10,15H,8-9,12-13H2,(H,22,24). The number of nitrogens with one attached hydrogen (secondary N) is 1. The molecule has 4 nitrogen and oxygen atoms in total. The molecule has 122 valence electrons. The number of carbonyl (C=O) groups excluding carboxylic acids is 1. The van der Waals surface area contributed by atoms with Gasteiger partial charge in [-0.05, 0) is 54.8 Å². The molecule has 1 aliphatic heterocycles. The summed E-state index contributed by atoms with van der Waals surface area (Å²) in [5, 5.41) is 12.6. The molecule has 1 unspecified atom stereocenters. The van der Waals surface area contributed by atoms with Gasteiger partial charge in [-0.15, -0.1) is 0 Å². The molecule has 1 saturated heterocycles. The smallest absolute Gasteiger partial charge is 0.251 e. The van der Waals surface area contributed by atoms with Gasteiger partial charge in [0.25, 0.3) is 5.91 Å². The van der Waals surface area contributed by atoms with Crippen molar-refractivity contribution in [2.24, 2.45) is 5.92 Å². The third kappa shape index (κ3) is 3.87. The minimum Gasteiger partial charge on any atom is -0.371 e. The maximum absolute atomic E-state index is 12.2. The molecule has 1 heterocycles. The molecule has 1 N–H and O–H groups in total. The van der Waals surface area contributed by atoms with Crippen LogP contribution in [-0.4, -0.2) is 25.5 Å². The lowest BCUT2D eigenvalue weighted by molar-refractivity contribution is 0.0948. The Morgan fingerprint density at radius 1 is 1.29 bits per heavy atom. The van der Waals surface area contributed by atoms with Gasteiger partial charge in [0.15, 0.2) is 0 Å². The van der Waals surface area contributed by atoms with Gasteiger partial charge in [0.2, 0.25) is 0 Å². The van der Waals surface area contributed by atoms with Gasteiger partial charge >= 0.3 is 0 Å². The van der Waals surface area contributed by atoms with Crippen LogP contribution in [-0.2, 0) is 0 Å². The second kappa shape index (κ2) is 7.37. The van der Waals surface area contributed by atoms with E-state index in [0.717, 1.165) is 30.2 Å². The van der Waals surface area contributed by atoms with Crippen molar-refractivity contribution >= 4 is 23.2 Å². The van der Waals surface area contributed by atoms with Crippen LogP contribution in [0.1, 0.15) is 22.3 Å². The quantitative estimate of drug-likeness (QED) is 0.928. The minimum atomic E-state index is -0.128. The van der Waals surface area contributed by atoms with E-state index in [1.165, 1.54) is 0 Å². The third-order valence-electron chi connectivity index (χ3n) is 4.28. The first-order valence-electron chi connectivity index (χ1n) is 7.94. The van der Waals surface area contributed by atoms with Crippen LogP contribution < -0.4 is 10.2 Å². The van der Waals surface area contributed by atoms with Gasteiger partial charge in [0.1, 0.15) is 0 Å². The van der Waals surface area contributed by atoms with Crippen molar-refractivity contribution in [3.63, 3.8) is 0 Å². The summed E-state index contributed by atoms with van der Waals surface area (Å²) >= 11 is 5.93. The molecule has 2 aromatic rings. The van der Waals surface area contributed by atoms with Crippen LogP contribution >= 0.6 is 11.6 Å². The van der Waals surface area contributed by atoms with E-state index in [-0.39, 0.29) is 5.91 Å². The summed E-state index contributed by atoms with van der Waals surface area (Å²) in [5.41, 5.74) is 2.19. The van der Waals surface area contributed by atoms with Crippen molar-refractivity contribution in [1.29, 1.82) is 5.26 Å². The van der Waals surface area contributed by atoms with Crippen molar-refractivity contribution in [3.8, 4) is 6.07 Å². The molecule has 1 fully saturated rings. The summed E-state index contributed by atoms with van der Waals surface area (Å²) in [6.45, 7) is 2.53. The summed E-state index contributed by atoms with van der Waals surface area (Å²) in [6, 6.07) is 16.7. The summed E-state index contributed by atoms with van der Waals surface area (Å²) in [7, 11) is 0. The lowest BCUT2D eigenvalue weighted by atomic mass is 10.1. The third-order valence-corrected chi connectivity index (χ3v) is 4.53. The fourth-order valence-electron chi connectivity index (χ4n) is 2.95. The molecule has 2 aromatic carbocycles. The Morgan fingerprint density at radius 2 is 2.08 bits per heavy atom. The number of carbonyl (C=O) groups is 1. The molecule has 1 amide bonds. The maximum atomic E-state index is 12.2. The van der Waals surface area contributed by atoms with E-state index in [4.69, 9.17) is 16.9 Å². The first kappa shape index (κ1) is 16.4. The number of rotatable bonds is 4. The number of amides is 1. The molecule has 1 aliphatic rings. The average molecular weight is 340 g/mol. The predicted molar refractivity (Wildman–Crippen MR) is 95.3 cm³/mol. The number of nitrogens with zero attached hydrogens (tertiary/aromatic N) is 2. The molecule has 0 bridgehead atoms. The van der Waals surface area contributed by atoms with Gasteiger partial charge in [-0.3, -0.25) is 4.79 Å².